The average Bonchev–Trinajstić information content (AvgIpc) is 2.09. The highest BCUT2D eigenvalue weighted by Crippen LogP contribution is 2.26. The Balaban J connectivity index is 4.53. The molecule has 1 N–H and O–H groups in total. The molecule has 14 heavy (non-hydrogen) atoms. The third-order valence-electron chi connectivity index (χ3n) is 2.27. The first-order chi connectivity index (χ1) is 6.47. The van der Waals surface area contributed by atoms with Crippen molar-refractivity contribution in [1.82, 2.24) is 5.32 Å². The van der Waals surface area contributed by atoms with E-state index in [1.807, 2.05) is 14.0 Å². The first-order valence-electron chi connectivity index (χ1n) is 5.19. The maximum Gasteiger partial charge on any atom is 0.0785 e. The number of nitrogens with one attached hydrogen (secondary N) is 1. The molecule has 0 radical (unpaired) electrons. The van der Waals surface area contributed by atoms with Gasteiger partial charge in [0.1, 0.15) is 0 Å². The predicted octanol–water partition coefficient (Wildman–Crippen LogP) is 2.05. The molecule has 0 spiro atoms. The van der Waals surface area contributed by atoms with E-state index in [4.69, 9.17) is 11.2 Å². The van der Waals surface area contributed by atoms with Crippen molar-refractivity contribution in [2.75, 3.05) is 13.7 Å². The Labute approximate surface area is 88.4 Å². The summed E-state index contributed by atoms with van der Waals surface area (Å²) >= 11 is 0. The molecule has 2 nitrogen and oxygen atoms in total. The lowest BCUT2D eigenvalue weighted by Gasteiger charge is -2.36. The van der Waals surface area contributed by atoms with Crippen molar-refractivity contribution < 1.29 is 4.74 Å². The van der Waals surface area contributed by atoms with Gasteiger partial charge in [0.25, 0.3) is 0 Å². The summed E-state index contributed by atoms with van der Waals surface area (Å²) in [6.07, 6.45) is 6.20. The third-order valence-corrected chi connectivity index (χ3v) is 2.27. The molecule has 0 aromatic rings. The second kappa shape index (κ2) is 6.06. The maximum absolute atomic E-state index is 5.75. The summed E-state index contributed by atoms with van der Waals surface area (Å²) < 4.78 is 5.75. The van der Waals surface area contributed by atoms with Crippen molar-refractivity contribution in [3.63, 3.8) is 0 Å². The number of ether oxygens (including phenoxy) is 1. The van der Waals surface area contributed by atoms with Crippen LogP contribution >= 0.6 is 0 Å². The zero-order chi connectivity index (χ0) is 11.2. The van der Waals surface area contributed by atoms with Gasteiger partial charge >= 0.3 is 0 Å². The SMILES string of the molecule is C#CCC(NC)C(OCC)C(C)(C)C. The van der Waals surface area contributed by atoms with E-state index in [9.17, 15) is 0 Å². The highest BCUT2D eigenvalue weighted by Gasteiger charge is 2.31. The van der Waals surface area contributed by atoms with Crippen LogP contribution in [0.15, 0.2) is 0 Å². The number of rotatable bonds is 5. The molecule has 2 atom stereocenters. The molecule has 2 heteroatoms. The average molecular weight is 197 g/mol. The Morgan fingerprint density at radius 2 is 2.00 bits per heavy atom. The van der Waals surface area contributed by atoms with Gasteiger partial charge in [-0.15, -0.1) is 12.3 Å². The second-order valence-electron chi connectivity index (χ2n) is 4.55. The van der Waals surface area contributed by atoms with Crippen LogP contribution in [-0.2, 0) is 4.74 Å². The van der Waals surface area contributed by atoms with Crippen molar-refractivity contribution in [2.24, 2.45) is 5.41 Å². The van der Waals surface area contributed by atoms with Gasteiger partial charge in [0.2, 0.25) is 0 Å². The van der Waals surface area contributed by atoms with Gasteiger partial charge in [-0.05, 0) is 19.4 Å². The van der Waals surface area contributed by atoms with Crippen LogP contribution < -0.4 is 5.32 Å². The molecule has 2 unspecified atom stereocenters. The molecule has 0 saturated heterocycles. The first-order valence-corrected chi connectivity index (χ1v) is 5.19. The van der Waals surface area contributed by atoms with E-state index < -0.39 is 0 Å². The molecular formula is C12H23NO. The van der Waals surface area contributed by atoms with Crippen molar-refractivity contribution in [1.29, 1.82) is 0 Å². The van der Waals surface area contributed by atoms with E-state index in [1.54, 1.807) is 0 Å². The lowest BCUT2D eigenvalue weighted by molar-refractivity contribution is -0.0330. The normalized spacial score (nSPS) is 16.0. The largest absolute Gasteiger partial charge is 0.376 e. The predicted molar refractivity (Wildman–Crippen MR) is 61.2 cm³/mol. The molecule has 0 aliphatic heterocycles. The minimum atomic E-state index is 0.112. The summed E-state index contributed by atoms with van der Waals surface area (Å²) in [5, 5.41) is 3.23. The number of terminal acetylenes is 1. The molecule has 0 amide bonds. The van der Waals surface area contributed by atoms with Gasteiger partial charge in [0.15, 0.2) is 0 Å². The summed E-state index contributed by atoms with van der Waals surface area (Å²) in [6.45, 7) is 9.27. The van der Waals surface area contributed by atoms with E-state index >= 15 is 0 Å². The van der Waals surface area contributed by atoms with Gasteiger partial charge in [0, 0.05) is 19.1 Å². The highest BCUT2D eigenvalue weighted by molar-refractivity contribution is 4.95. The van der Waals surface area contributed by atoms with Crippen LogP contribution in [0.1, 0.15) is 34.1 Å². The van der Waals surface area contributed by atoms with Crippen LogP contribution in [0.3, 0.4) is 0 Å². The zero-order valence-corrected chi connectivity index (χ0v) is 10.1. The van der Waals surface area contributed by atoms with Crippen molar-refractivity contribution in [3.05, 3.63) is 0 Å². The van der Waals surface area contributed by atoms with Crippen LogP contribution in [0.5, 0.6) is 0 Å². The maximum atomic E-state index is 5.75. The van der Waals surface area contributed by atoms with Gasteiger partial charge in [0.05, 0.1) is 6.10 Å². The minimum Gasteiger partial charge on any atom is -0.376 e. The second-order valence-corrected chi connectivity index (χ2v) is 4.55. The van der Waals surface area contributed by atoms with Crippen LogP contribution in [0.25, 0.3) is 0 Å². The van der Waals surface area contributed by atoms with Crippen LogP contribution in [0, 0.1) is 17.8 Å². The van der Waals surface area contributed by atoms with Crippen LogP contribution in [0.4, 0.5) is 0 Å². The van der Waals surface area contributed by atoms with Crippen LogP contribution in [-0.4, -0.2) is 25.8 Å². The zero-order valence-electron chi connectivity index (χ0n) is 10.1. The first kappa shape index (κ1) is 13.5. The molecule has 0 aromatic carbocycles. The summed E-state index contributed by atoms with van der Waals surface area (Å²) in [5.41, 5.74) is 0.112. The topological polar surface area (TPSA) is 21.3 Å². The molecule has 0 aliphatic rings. The van der Waals surface area contributed by atoms with E-state index in [0.29, 0.717) is 6.42 Å². The fraction of sp³-hybridized carbons (Fsp3) is 0.833. The molecule has 0 rings (SSSR count). The van der Waals surface area contributed by atoms with Gasteiger partial charge in [-0.1, -0.05) is 20.8 Å². The van der Waals surface area contributed by atoms with Gasteiger partial charge in [-0.3, -0.25) is 0 Å². The quantitative estimate of drug-likeness (QED) is 0.681. The van der Waals surface area contributed by atoms with Crippen molar-refractivity contribution >= 4 is 0 Å². The molecule has 0 aromatic heterocycles. The molecule has 0 saturated carbocycles. The summed E-state index contributed by atoms with van der Waals surface area (Å²) in [7, 11) is 1.93. The van der Waals surface area contributed by atoms with Crippen LogP contribution in [0.2, 0.25) is 0 Å². The Kier molecular flexibility index (Phi) is 5.83. The third kappa shape index (κ3) is 4.13. The molecular weight excluding hydrogens is 174 g/mol. The molecule has 0 fully saturated rings. The van der Waals surface area contributed by atoms with Crippen molar-refractivity contribution in [3.8, 4) is 12.3 Å². The molecule has 82 valence electrons. The summed E-state index contributed by atoms with van der Waals surface area (Å²) in [4.78, 5) is 0. The Hall–Kier alpha value is -0.520. The fourth-order valence-corrected chi connectivity index (χ4v) is 1.64. The van der Waals surface area contributed by atoms with Gasteiger partial charge in [-0.25, -0.2) is 0 Å². The fourth-order valence-electron chi connectivity index (χ4n) is 1.64. The Bertz CT molecular complexity index is 187. The number of hydrogen-bond donors (Lipinski definition) is 1. The Morgan fingerprint density at radius 1 is 1.43 bits per heavy atom. The standard InChI is InChI=1S/C12H23NO/c1-7-9-10(13-6)11(14-8-2)12(3,4)5/h1,10-11,13H,8-9H2,2-6H3. The van der Waals surface area contributed by atoms with E-state index in [-0.39, 0.29) is 17.6 Å². The lowest BCUT2D eigenvalue weighted by atomic mass is 9.83. The van der Waals surface area contributed by atoms with Crippen molar-refractivity contribution in [2.45, 2.75) is 46.3 Å². The summed E-state index contributed by atoms with van der Waals surface area (Å²) in [6, 6.07) is 0.236. The van der Waals surface area contributed by atoms with E-state index in [2.05, 4.69) is 32.0 Å². The lowest BCUT2D eigenvalue weighted by Crippen LogP contribution is -2.46. The van der Waals surface area contributed by atoms with E-state index in [0.717, 1.165) is 6.61 Å². The minimum absolute atomic E-state index is 0.112. The van der Waals surface area contributed by atoms with Gasteiger partial charge < -0.3 is 10.1 Å². The molecule has 0 bridgehead atoms. The molecule has 0 aliphatic carbocycles. The summed E-state index contributed by atoms with van der Waals surface area (Å²) in [5.74, 6) is 2.69. The number of likely N-dealkylation sites (N-methyl/N-ethyl adjacent to an activating group) is 1. The molecule has 0 heterocycles. The highest BCUT2D eigenvalue weighted by atomic mass is 16.5. The smallest absolute Gasteiger partial charge is 0.0785 e. The Morgan fingerprint density at radius 3 is 2.29 bits per heavy atom. The number of hydrogen-bond acceptors (Lipinski definition) is 2. The van der Waals surface area contributed by atoms with Gasteiger partial charge in [-0.2, -0.15) is 0 Å². The monoisotopic (exact) mass is 197 g/mol. The van der Waals surface area contributed by atoms with E-state index in [1.165, 1.54) is 0 Å².